The van der Waals surface area contributed by atoms with Gasteiger partial charge in [0.2, 0.25) is 11.8 Å². The molecule has 1 rings (SSSR count). The summed E-state index contributed by atoms with van der Waals surface area (Å²) in [5.74, 6) is -0.656. The molecule has 0 unspecified atom stereocenters. The maximum atomic E-state index is 11.9. The molecule has 0 saturated carbocycles. The van der Waals surface area contributed by atoms with E-state index in [4.69, 9.17) is 5.73 Å². The van der Waals surface area contributed by atoms with Gasteiger partial charge in [0.25, 0.3) is 0 Å². The van der Waals surface area contributed by atoms with Crippen molar-refractivity contribution in [1.29, 1.82) is 0 Å². The van der Waals surface area contributed by atoms with Crippen molar-refractivity contribution in [1.82, 2.24) is 4.90 Å². The van der Waals surface area contributed by atoms with Crippen LogP contribution in [0, 0.1) is 0 Å². The highest BCUT2D eigenvalue weighted by molar-refractivity contribution is 7.08. The molecule has 0 bridgehead atoms. The van der Waals surface area contributed by atoms with Gasteiger partial charge in [-0.1, -0.05) is 13.3 Å². The number of rotatable bonds is 7. The quantitative estimate of drug-likeness (QED) is 0.766. The van der Waals surface area contributed by atoms with Crippen molar-refractivity contribution < 1.29 is 9.59 Å². The lowest BCUT2D eigenvalue weighted by Crippen LogP contribution is -2.38. The Morgan fingerprint density at radius 3 is 2.83 bits per heavy atom. The van der Waals surface area contributed by atoms with Crippen molar-refractivity contribution in [3.8, 4) is 0 Å². The second-order valence-corrected chi connectivity index (χ2v) is 4.75. The number of thiophene rings is 1. The summed E-state index contributed by atoms with van der Waals surface area (Å²) in [5, 5.41) is 3.90. The number of carbonyl (C=O) groups is 2. The second kappa shape index (κ2) is 7.66. The first-order chi connectivity index (χ1) is 8.63. The van der Waals surface area contributed by atoms with Gasteiger partial charge in [0.1, 0.15) is 0 Å². The zero-order valence-electron chi connectivity index (χ0n) is 10.5. The lowest BCUT2D eigenvalue weighted by atomic mass is 10.2. The Labute approximate surface area is 111 Å². The summed E-state index contributed by atoms with van der Waals surface area (Å²) >= 11 is 1.57. The summed E-state index contributed by atoms with van der Waals surface area (Å²) in [6, 6.07) is 1.93. The predicted molar refractivity (Wildman–Crippen MR) is 74.0 cm³/mol. The van der Waals surface area contributed by atoms with Crippen LogP contribution >= 0.6 is 11.3 Å². The first kappa shape index (κ1) is 14.4. The Morgan fingerprint density at radius 1 is 1.50 bits per heavy atom. The molecular formula is C13H18N2O2S. The van der Waals surface area contributed by atoms with Crippen LogP contribution < -0.4 is 5.73 Å². The van der Waals surface area contributed by atoms with Gasteiger partial charge in [-0.05, 0) is 34.9 Å². The predicted octanol–water partition coefficient (Wildman–Crippen LogP) is 1.88. The van der Waals surface area contributed by atoms with E-state index in [1.165, 1.54) is 11.0 Å². The third kappa shape index (κ3) is 5.14. The van der Waals surface area contributed by atoms with Gasteiger partial charge in [-0.2, -0.15) is 11.3 Å². The number of hydrogen-bond donors (Lipinski definition) is 1. The molecule has 0 saturated heterocycles. The van der Waals surface area contributed by atoms with E-state index < -0.39 is 5.91 Å². The Morgan fingerprint density at radius 2 is 2.28 bits per heavy atom. The Bertz CT molecular complexity index is 413. The summed E-state index contributed by atoms with van der Waals surface area (Å²) < 4.78 is 0. The zero-order chi connectivity index (χ0) is 13.4. The molecule has 2 N–H and O–H groups in total. The Hall–Kier alpha value is -1.62. The van der Waals surface area contributed by atoms with Crippen LogP contribution in [0.2, 0.25) is 0 Å². The molecule has 0 spiro atoms. The van der Waals surface area contributed by atoms with Gasteiger partial charge in [0, 0.05) is 12.6 Å². The summed E-state index contributed by atoms with van der Waals surface area (Å²) in [7, 11) is 0. The molecule has 0 aliphatic heterocycles. The summed E-state index contributed by atoms with van der Waals surface area (Å²) in [5.41, 5.74) is 6.13. The van der Waals surface area contributed by atoms with Gasteiger partial charge in [-0.15, -0.1) is 0 Å². The van der Waals surface area contributed by atoms with E-state index >= 15 is 0 Å². The molecule has 2 amide bonds. The molecule has 18 heavy (non-hydrogen) atoms. The van der Waals surface area contributed by atoms with Gasteiger partial charge in [-0.25, -0.2) is 0 Å². The number of nitrogens with two attached hydrogens (primary N) is 1. The fourth-order valence-electron chi connectivity index (χ4n) is 1.45. The van der Waals surface area contributed by atoms with Crippen LogP contribution in [0.3, 0.4) is 0 Å². The number of amides is 2. The van der Waals surface area contributed by atoms with E-state index in [2.05, 4.69) is 0 Å². The molecular weight excluding hydrogens is 248 g/mol. The highest BCUT2D eigenvalue weighted by Crippen LogP contribution is 2.08. The average Bonchev–Trinajstić information content (AvgIpc) is 2.84. The van der Waals surface area contributed by atoms with Gasteiger partial charge in [0.15, 0.2) is 0 Å². The van der Waals surface area contributed by atoms with E-state index in [9.17, 15) is 9.59 Å². The maximum absolute atomic E-state index is 11.9. The second-order valence-electron chi connectivity index (χ2n) is 3.97. The van der Waals surface area contributed by atoms with Crippen molar-refractivity contribution >= 4 is 29.2 Å². The first-order valence-electron chi connectivity index (χ1n) is 5.91. The number of carbonyl (C=O) groups excluding carboxylic acids is 2. The standard InChI is InChI=1S/C13H18N2O2S/c1-2-3-7-15(9-12(14)16)13(17)5-4-11-6-8-18-10-11/h4-6,8,10H,2-3,7,9H2,1H3,(H2,14,16)/b5-4-. The Kier molecular flexibility index (Phi) is 6.14. The summed E-state index contributed by atoms with van der Waals surface area (Å²) in [4.78, 5) is 24.3. The minimum absolute atomic E-state index is 0.0210. The number of nitrogens with zero attached hydrogens (tertiary/aromatic N) is 1. The number of unbranched alkanes of at least 4 members (excludes halogenated alkanes) is 1. The highest BCUT2D eigenvalue weighted by Gasteiger charge is 2.12. The molecule has 0 radical (unpaired) electrons. The van der Waals surface area contributed by atoms with Crippen LogP contribution in [-0.2, 0) is 9.59 Å². The first-order valence-corrected chi connectivity index (χ1v) is 6.85. The molecule has 1 aromatic rings. The summed E-state index contributed by atoms with van der Waals surface area (Å²) in [6.45, 7) is 2.58. The van der Waals surface area contributed by atoms with Crippen LogP contribution in [-0.4, -0.2) is 29.8 Å². The topological polar surface area (TPSA) is 63.4 Å². The van der Waals surface area contributed by atoms with Gasteiger partial charge >= 0.3 is 0 Å². The fraction of sp³-hybridized carbons (Fsp3) is 0.385. The molecule has 0 aromatic carbocycles. The molecule has 0 aliphatic carbocycles. The van der Waals surface area contributed by atoms with Gasteiger partial charge < -0.3 is 10.6 Å². The van der Waals surface area contributed by atoms with Crippen molar-refractivity contribution in [2.24, 2.45) is 5.73 Å². The SMILES string of the molecule is CCCCN(CC(N)=O)C(=O)/C=C\c1ccsc1. The third-order valence-electron chi connectivity index (χ3n) is 2.40. The van der Waals surface area contributed by atoms with Gasteiger partial charge in [0.05, 0.1) is 6.54 Å². The Balaban J connectivity index is 2.60. The van der Waals surface area contributed by atoms with Crippen molar-refractivity contribution in [3.63, 3.8) is 0 Å². The average molecular weight is 266 g/mol. The maximum Gasteiger partial charge on any atom is 0.247 e. The van der Waals surface area contributed by atoms with Crippen molar-refractivity contribution in [2.45, 2.75) is 19.8 Å². The van der Waals surface area contributed by atoms with Crippen LogP contribution in [0.4, 0.5) is 0 Å². The van der Waals surface area contributed by atoms with E-state index in [1.54, 1.807) is 17.4 Å². The van der Waals surface area contributed by atoms with Crippen LogP contribution in [0.15, 0.2) is 22.9 Å². The number of primary amides is 1. The molecule has 0 aliphatic rings. The minimum Gasteiger partial charge on any atom is -0.368 e. The fourth-order valence-corrected chi connectivity index (χ4v) is 2.08. The monoisotopic (exact) mass is 266 g/mol. The highest BCUT2D eigenvalue weighted by atomic mass is 32.1. The largest absolute Gasteiger partial charge is 0.368 e. The van der Waals surface area contributed by atoms with Crippen molar-refractivity contribution in [3.05, 3.63) is 28.5 Å². The molecule has 0 atom stereocenters. The third-order valence-corrected chi connectivity index (χ3v) is 3.10. The lowest BCUT2D eigenvalue weighted by Gasteiger charge is -2.18. The van der Waals surface area contributed by atoms with Crippen LogP contribution in [0.25, 0.3) is 6.08 Å². The van der Waals surface area contributed by atoms with E-state index in [0.717, 1.165) is 18.4 Å². The molecule has 0 fully saturated rings. The molecule has 98 valence electrons. The zero-order valence-corrected chi connectivity index (χ0v) is 11.3. The molecule has 1 heterocycles. The molecule has 5 heteroatoms. The van der Waals surface area contributed by atoms with E-state index in [0.29, 0.717) is 6.54 Å². The van der Waals surface area contributed by atoms with E-state index in [1.807, 2.05) is 23.8 Å². The van der Waals surface area contributed by atoms with Gasteiger partial charge in [-0.3, -0.25) is 9.59 Å². The summed E-state index contributed by atoms with van der Waals surface area (Å²) in [6.07, 6.45) is 5.07. The number of hydrogen-bond acceptors (Lipinski definition) is 3. The van der Waals surface area contributed by atoms with Crippen LogP contribution in [0.5, 0.6) is 0 Å². The minimum atomic E-state index is -0.483. The normalized spacial score (nSPS) is 10.7. The smallest absolute Gasteiger partial charge is 0.247 e. The van der Waals surface area contributed by atoms with Crippen molar-refractivity contribution in [2.75, 3.05) is 13.1 Å². The molecule has 1 aromatic heterocycles. The van der Waals surface area contributed by atoms with E-state index in [-0.39, 0.29) is 12.5 Å². The molecule has 4 nitrogen and oxygen atoms in total. The van der Waals surface area contributed by atoms with Crippen LogP contribution in [0.1, 0.15) is 25.3 Å². The lowest BCUT2D eigenvalue weighted by molar-refractivity contribution is -0.131.